The van der Waals surface area contributed by atoms with Gasteiger partial charge in [0.05, 0.1) is 12.7 Å². The summed E-state index contributed by atoms with van der Waals surface area (Å²) in [7, 11) is 0. The molecule has 1 saturated heterocycles. The number of carbonyl (C=O) groups is 1. The van der Waals surface area contributed by atoms with Gasteiger partial charge in [0.2, 0.25) is 5.91 Å². The lowest BCUT2D eigenvalue weighted by Crippen LogP contribution is -2.48. The van der Waals surface area contributed by atoms with Crippen molar-refractivity contribution < 1.29 is 9.53 Å². The maximum absolute atomic E-state index is 11.5. The van der Waals surface area contributed by atoms with Crippen LogP contribution in [0.25, 0.3) is 0 Å². The van der Waals surface area contributed by atoms with Gasteiger partial charge in [-0.25, -0.2) is 0 Å². The predicted octanol–water partition coefficient (Wildman–Crippen LogP) is 1.12. The summed E-state index contributed by atoms with van der Waals surface area (Å²) in [5.41, 5.74) is 0. The predicted molar refractivity (Wildman–Crippen MR) is 68.9 cm³/mol. The number of hydrogen-bond acceptors (Lipinski definition) is 3. The van der Waals surface area contributed by atoms with Crippen molar-refractivity contribution in [1.82, 2.24) is 10.2 Å². The smallest absolute Gasteiger partial charge is 0.222 e. The van der Waals surface area contributed by atoms with E-state index in [1.807, 2.05) is 13.8 Å². The highest BCUT2D eigenvalue weighted by molar-refractivity contribution is 5.77. The van der Waals surface area contributed by atoms with E-state index in [1.165, 1.54) is 0 Å². The van der Waals surface area contributed by atoms with Crippen molar-refractivity contribution in [1.29, 1.82) is 0 Å². The number of rotatable bonds is 5. The fourth-order valence-electron chi connectivity index (χ4n) is 2.00. The van der Waals surface area contributed by atoms with Gasteiger partial charge in [-0.15, -0.1) is 0 Å². The molecule has 0 bridgehead atoms. The van der Waals surface area contributed by atoms with Crippen molar-refractivity contribution in [3.63, 3.8) is 0 Å². The van der Waals surface area contributed by atoms with Crippen LogP contribution < -0.4 is 5.32 Å². The Labute approximate surface area is 105 Å². The molecule has 0 aromatic rings. The summed E-state index contributed by atoms with van der Waals surface area (Å²) >= 11 is 0. The third-order valence-corrected chi connectivity index (χ3v) is 2.87. The van der Waals surface area contributed by atoms with E-state index in [0.29, 0.717) is 12.5 Å². The number of carbonyl (C=O) groups excluding carboxylic acids is 1. The number of nitrogens with one attached hydrogen (secondary N) is 1. The Morgan fingerprint density at radius 2 is 2.12 bits per heavy atom. The molecule has 0 aromatic heterocycles. The van der Waals surface area contributed by atoms with Gasteiger partial charge in [-0.2, -0.15) is 0 Å². The number of ether oxygens (including phenoxy) is 1. The number of hydrogen-bond donors (Lipinski definition) is 1. The summed E-state index contributed by atoms with van der Waals surface area (Å²) in [4.78, 5) is 13.9. The molecule has 1 N–H and O–H groups in total. The molecule has 4 nitrogen and oxygen atoms in total. The Hall–Kier alpha value is -0.610. The summed E-state index contributed by atoms with van der Waals surface area (Å²) in [5.74, 6) is 0.832. The summed E-state index contributed by atoms with van der Waals surface area (Å²) in [6.45, 7) is 12.7. The zero-order chi connectivity index (χ0) is 12.8. The standard InChI is InChI=1S/C13H26N2O2/c1-10(2)8-15-5-6-17-12(9-15)7-14-13(16)11(3)4/h10-12H,5-9H2,1-4H3,(H,14,16)/t12-/m1/s1. The van der Waals surface area contributed by atoms with Crippen molar-refractivity contribution in [2.75, 3.05) is 32.8 Å². The molecule has 1 heterocycles. The molecule has 0 aliphatic carbocycles. The highest BCUT2D eigenvalue weighted by atomic mass is 16.5. The molecule has 1 atom stereocenters. The molecular formula is C13H26N2O2. The molecule has 1 rings (SSSR count). The Kier molecular flexibility index (Phi) is 5.92. The largest absolute Gasteiger partial charge is 0.374 e. The third kappa shape index (κ3) is 5.50. The molecule has 0 radical (unpaired) electrons. The highest BCUT2D eigenvalue weighted by Crippen LogP contribution is 2.07. The quantitative estimate of drug-likeness (QED) is 0.785. The topological polar surface area (TPSA) is 41.6 Å². The Morgan fingerprint density at radius 1 is 1.41 bits per heavy atom. The van der Waals surface area contributed by atoms with E-state index in [4.69, 9.17) is 4.74 Å². The maximum Gasteiger partial charge on any atom is 0.222 e. The van der Waals surface area contributed by atoms with E-state index < -0.39 is 0 Å². The Bertz CT molecular complexity index is 242. The number of nitrogens with zero attached hydrogens (tertiary/aromatic N) is 1. The summed E-state index contributed by atoms with van der Waals surface area (Å²) in [6.07, 6.45) is 0.144. The Balaban J connectivity index is 2.27. The second-order valence-corrected chi connectivity index (χ2v) is 5.55. The van der Waals surface area contributed by atoms with Crippen LogP contribution in [0.4, 0.5) is 0 Å². The fraction of sp³-hybridized carbons (Fsp3) is 0.923. The summed E-state index contributed by atoms with van der Waals surface area (Å²) in [5, 5.41) is 2.94. The van der Waals surface area contributed by atoms with Gasteiger partial charge < -0.3 is 10.1 Å². The first-order valence-corrected chi connectivity index (χ1v) is 6.60. The van der Waals surface area contributed by atoms with Gasteiger partial charge in [-0.3, -0.25) is 9.69 Å². The van der Waals surface area contributed by atoms with Crippen LogP contribution in [0.2, 0.25) is 0 Å². The molecule has 0 spiro atoms. The first-order valence-electron chi connectivity index (χ1n) is 6.60. The van der Waals surface area contributed by atoms with Crippen molar-refractivity contribution >= 4 is 5.91 Å². The van der Waals surface area contributed by atoms with Crippen molar-refractivity contribution in [2.45, 2.75) is 33.8 Å². The van der Waals surface area contributed by atoms with Crippen LogP contribution in [-0.2, 0) is 9.53 Å². The third-order valence-electron chi connectivity index (χ3n) is 2.87. The van der Waals surface area contributed by atoms with E-state index in [0.717, 1.165) is 26.2 Å². The SMILES string of the molecule is CC(C)CN1CCO[C@H](CNC(=O)C(C)C)C1. The monoisotopic (exact) mass is 242 g/mol. The molecule has 4 heteroatoms. The van der Waals surface area contributed by atoms with Crippen molar-refractivity contribution in [3.05, 3.63) is 0 Å². The maximum atomic E-state index is 11.5. The van der Waals surface area contributed by atoms with Crippen LogP contribution in [0.3, 0.4) is 0 Å². The highest BCUT2D eigenvalue weighted by Gasteiger charge is 2.21. The molecule has 1 aliphatic heterocycles. The molecular weight excluding hydrogens is 216 g/mol. The van der Waals surface area contributed by atoms with Crippen molar-refractivity contribution in [3.8, 4) is 0 Å². The minimum Gasteiger partial charge on any atom is -0.374 e. The molecule has 0 unspecified atom stereocenters. The molecule has 1 aliphatic rings. The van der Waals surface area contributed by atoms with Crippen molar-refractivity contribution in [2.24, 2.45) is 11.8 Å². The second kappa shape index (κ2) is 6.97. The molecule has 1 amide bonds. The average Bonchev–Trinajstić information content (AvgIpc) is 2.25. The normalized spacial score (nSPS) is 22.1. The molecule has 100 valence electrons. The molecule has 1 fully saturated rings. The van der Waals surface area contributed by atoms with Gasteiger partial charge in [-0.1, -0.05) is 27.7 Å². The molecule has 0 saturated carbocycles. The van der Waals surface area contributed by atoms with Crippen LogP contribution in [0, 0.1) is 11.8 Å². The van der Waals surface area contributed by atoms with Gasteiger partial charge in [0.1, 0.15) is 0 Å². The van der Waals surface area contributed by atoms with E-state index in [1.54, 1.807) is 0 Å². The zero-order valence-electron chi connectivity index (χ0n) is 11.5. The second-order valence-electron chi connectivity index (χ2n) is 5.55. The van der Waals surface area contributed by atoms with Crippen LogP contribution in [0.15, 0.2) is 0 Å². The molecule has 17 heavy (non-hydrogen) atoms. The van der Waals surface area contributed by atoms with Gasteiger partial charge >= 0.3 is 0 Å². The lowest BCUT2D eigenvalue weighted by Gasteiger charge is -2.34. The van der Waals surface area contributed by atoms with E-state index in [2.05, 4.69) is 24.1 Å². The van der Waals surface area contributed by atoms with Gasteiger partial charge in [0, 0.05) is 32.1 Å². The van der Waals surface area contributed by atoms with Crippen LogP contribution in [0.5, 0.6) is 0 Å². The summed E-state index contributed by atoms with van der Waals surface area (Å²) < 4.78 is 5.66. The van der Waals surface area contributed by atoms with E-state index in [9.17, 15) is 4.79 Å². The Morgan fingerprint density at radius 3 is 2.71 bits per heavy atom. The summed E-state index contributed by atoms with van der Waals surface area (Å²) in [6, 6.07) is 0. The lowest BCUT2D eigenvalue weighted by molar-refractivity contribution is -0.125. The minimum atomic E-state index is 0.0466. The van der Waals surface area contributed by atoms with Gasteiger partial charge in [-0.05, 0) is 5.92 Å². The zero-order valence-corrected chi connectivity index (χ0v) is 11.5. The van der Waals surface area contributed by atoms with Gasteiger partial charge in [0.25, 0.3) is 0 Å². The first kappa shape index (κ1) is 14.5. The number of morpholine rings is 1. The minimum absolute atomic E-state index is 0.0466. The fourth-order valence-corrected chi connectivity index (χ4v) is 2.00. The van der Waals surface area contributed by atoms with Crippen LogP contribution in [-0.4, -0.2) is 49.7 Å². The number of amides is 1. The first-order chi connectivity index (χ1) is 7.99. The molecule has 0 aromatic carbocycles. The lowest BCUT2D eigenvalue weighted by atomic mass is 10.1. The van der Waals surface area contributed by atoms with Gasteiger partial charge in [0.15, 0.2) is 0 Å². The van der Waals surface area contributed by atoms with Crippen LogP contribution in [0.1, 0.15) is 27.7 Å². The average molecular weight is 242 g/mol. The van der Waals surface area contributed by atoms with E-state index >= 15 is 0 Å². The van der Waals surface area contributed by atoms with E-state index in [-0.39, 0.29) is 17.9 Å². The van der Waals surface area contributed by atoms with Crippen LogP contribution >= 0.6 is 0 Å².